The molecule has 1 aromatic carbocycles. The van der Waals surface area contributed by atoms with E-state index in [4.69, 9.17) is 0 Å². The summed E-state index contributed by atoms with van der Waals surface area (Å²) in [6.45, 7) is 5.74. The first-order valence-electron chi connectivity index (χ1n) is 6.79. The van der Waals surface area contributed by atoms with E-state index in [1.807, 2.05) is 26.8 Å². The lowest BCUT2D eigenvalue weighted by Gasteiger charge is -2.23. The molecule has 20 heavy (non-hydrogen) atoms. The molecule has 0 aliphatic heterocycles. The Kier molecular flexibility index (Phi) is 3.89. The van der Waals surface area contributed by atoms with E-state index in [1.165, 1.54) is 0 Å². The SMILES string of the molecule is C/C=C(\CC)C(C)C1=C(O)c2ccccc2C(=O)C1=O. The highest BCUT2D eigenvalue weighted by Gasteiger charge is 2.35. The average Bonchev–Trinajstić information content (AvgIpc) is 2.46. The van der Waals surface area contributed by atoms with Crippen molar-refractivity contribution in [2.45, 2.75) is 27.2 Å². The van der Waals surface area contributed by atoms with Crippen LogP contribution in [-0.2, 0) is 4.79 Å². The first-order chi connectivity index (χ1) is 9.52. The minimum absolute atomic E-state index is 0.0644. The number of allylic oxidation sites excluding steroid dienone is 3. The summed E-state index contributed by atoms with van der Waals surface area (Å²) in [6.07, 6.45) is 2.71. The Bertz CT molecular complexity index is 635. The number of hydrogen-bond acceptors (Lipinski definition) is 3. The minimum atomic E-state index is -0.596. The van der Waals surface area contributed by atoms with Crippen molar-refractivity contribution < 1.29 is 14.7 Å². The van der Waals surface area contributed by atoms with Crippen LogP contribution in [0.15, 0.2) is 41.5 Å². The molecule has 0 heterocycles. The number of aliphatic hydroxyl groups is 1. The summed E-state index contributed by atoms with van der Waals surface area (Å²) in [6, 6.07) is 6.68. The molecule has 1 atom stereocenters. The Hall–Kier alpha value is -2.16. The molecule has 0 radical (unpaired) electrons. The zero-order chi connectivity index (χ0) is 14.9. The van der Waals surface area contributed by atoms with Gasteiger partial charge in [0.25, 0.3) is 0 Å². The molecule has 0 saturated carbocycles. The van der Waals surface area contributed by atoms with Crippen LogP contribution in [0, 0.1) is 5.92 Å². The van der Waals surface area contributed by atoms with Gasteiger partial charge in [-0.3, -0.25) is 9.59 Å². The Morgan fingerprint density at radius 2 is 1.80 bits per heavy atom. The maximum atomic E-state index is 12.3. The third-order valence-corrected chi connectivity index (χ3v) is 3.90. The van der Waals surface area contributed by atoms with Crippen molar-refractivity contribution in [3.8, 4) is 0 Å². The molecular weight excluding hydrogens is 252 g/mol. The summed E-state index contributed by atoms with van der Waals surface area (Å²) in [5.41, 5.74) is 1.98. The Labute approximate surface area is 118 Å². The molecule has 0 amide bonds. The van der Waals surface area contributed by atoms with Gasteiger partial charge in [-0.2, -0.15) is 0 Å². The van der Waals surface area contributed by atoms with Crippen molar-refractivity contribution >= 4 is 17.3 Å². The van der Waals surface area contributed by atoms with Crippen molar-refractivity contribution in [1.29, 1.82) is 0 Å². The summed E-state index contributed by atoms with van der Waals surface area (Å²) < 4.78 is 0. The van der Waals surface area contributed by atoms with E-state index in [1.54, 1.807) is 24.3 Å². The number of carbonyl (C=O) groups excluding carboxylic acids is 2. The van der Waals surface area contributed by atoms with Crippen molar-refractivity contribution in [2.24, 2.45) is 5.92 Å². The van der Waals surface area contributed by atoms with E-state index in [2.05, 4.69) is 0 Å². The fraction of sp³-hybridized carbons (Fsp3) is 0.294. The van der Waals surface area contributed by atoms with E-state index >= 15 is 0 Å². The fourth-order valence-corrected chi connectivity index (χ4v) is 2.73. The Balaban J connectivity index is 2.63. The molecule has 0 spiro atoms. The molecule has 1 N–H and O–H groups in total. The van der Waals surface area contributed by atoms with Gasteiger partial charge in [0.2, 0.25) is 11.6 Å². The van der Waals surface area contributed by atoms with Crippen LogP contribution in [0.1, 0.15) is 43.1 Å². The van der Waals surface area contributed by atoms with E-state index in [0.29, 0.717) is 5.56 Å². The molecule has 0 saturated heterocycles. The lowest BCUT2D eigenvalue weighted by Crippen LogP contribution is -2.27. The van der Waals surface area contributed by atoms with E-state index in [-0.39, 0.29) is 22.8 Å². The highest BCUT2D eigenvalue weighted by molar-refractivity contribution is 6.52. The van der Waals surface area contributed by atoms with Crippen LogP contribution in [0.5, 0.6) is 0 Å². The number of Topliss-reactive ketones (excluding diaryl/α,β-unsaturated/α-hetero) is 2. The van der Waals surface area contributed by atoms with Crippen LogP contribution in [-0.4, -0.2) is 16.7 Å². The maximum absolute atomic E-state index is 12.3. The normalized spacial score (nSPS) is 17.2. The molecule has 1 unspecified atom stereocenters. The molecule has 0 aromatic heterocycles. The number of benzene rings is 1. The highest BCUT2D eigenvalue weighted by Crippen LogP contribution is 2.34. The lowest BCUT2D eigenvalue weighted by atomic mass is 9.79. The molecule has 0 fully saturated rings. The second-order valence-corrected chi connectivity index (χ2v) is 4.90. The van der Waals surface area contributed by atoms with Gasteiger partial charge in [0, 0.05) is 17.0 Å². The van der Waals surface area contributed by atoms with Gasteiger partial charge in [0.15, 0.2) is 0 Å². The Morgan fingerprint density at radius 1 is 1.20 bits per heavy atom. The summed E-state index contributed by atoms with van der Waals surface area (Å²) in [4.78, 5) is 24.4. The number of aliphatic hydroxyl groups excluding tert-OH is 1. The van der Waals surface area contributed by atoms with Gasteiger partial charge in [0.1, 0.15) is 5.76 Å². The van der Waals surface area contributed by atoms with Gasteiger partial charge in [-0.15, -0.1) is 0 Å². The van der Waals surface area contributed by atoms with Gasteiger partial charge >= 0.3 is 0 Å². The van der Waals surface area contributed by atoms with Crippen molar-refractivity contribution in [2.75, 3.05) is 0 Å². The van der Waals surface area contributed by atoms with Gasteiger partial charge < -0.3 is 5.11 Å². The van der Waals surface area contributed by atoms with E-state index in [9.17, 15) is 14.7 Å². The molecule has 0 bridgehead atoms. The monoisotopic (exact) mass is 270 g/mol. The second-order valence-electron chi connectivity index (χ2n) is 4.90. The van der Waals surface area contributed by atoms with Gasteiger partial charge in [-0.25, -0.2) is 0 Å². The number of rotatable bonds is 3. The minimum Gasteiger partial charge on any atom is -0.507 e. The molecular formula is C17H18O3. The first-order valence-corrected chi connectivity index (χ1v) is 6.79. The molecule has 104 valence electrons. The molecule has 1 aliphatic rings. The van der Waals surface area contributed by atoms with Crippen molar-refractivity contribution in [3.63, 3.8) is 0 Å². The molecule has 2 rings (SSSR count). The van der Waals surface area contributed by atoms with Crippen molar-refractivity contribution in [1.82, 2.24) is 0 Å². The largest absolute Gasteiger partial charge is 0.507 e. The van der Waals surface area contributed by atoms with Gasteiger partial charge in [-0.05, 0) is 13.3 Å². The molecule has 1 aromatic rings. The quantitative estimate of drug-likeness (QED) is 0.673. The van der Waals surface area contributed by atoms with Crippen LogP contribution in [0.25, 0.3) is 5.76 Å². The third kappa shape index (κ3) is 2.09. The van der Waals surface area contributed by atoms with E-state index in [0.717, 1.165) is 12.0 Å². The lowest BCUT2D eigenvalue weighted by molar-refractivity contribution is -0.112. The standard InChI is InChI=1S/C17H18O3/c1-4-11(5-2)10(3)14-15(18)12-8-6-7-9-13(12)16(19)17(14)20/h4,6-10,18H,5H2,1-3H3/b11-4+. The topological polar surface area (TPSA) is 54.4 Å². The van der Waals surface area contributed by atoms with Gasteiger partial charge in [0.05, 0.1) is 5.57 Å². The summed E-state index contributed by atoms with van der Waals surface area (Å²) in [5.74, 6) is -1.45. The zero-order valence-electron chi connectivity index (χ0n) is 11.9. The van der Waals surface area contributed by atoms with Crippen LogP contribution in [0.4, 0.5) is 0 Å². The second kappa shape index (κ2) is 5.45. The number of fused-ring (bicyclic) bond motifs is 1. The smallest absolute Gasteiger partial charge is 0.234 e. The number of carbonyl (C=O) groups is 2. The molecule has 1 aliphatic carbocycles. The summed E-state index contributed by atoms with van der Waals surface area (Å²) in [7, 11) is 0. The first kappa shape index (κ1) is 14.3. The van der Waals surface area contributed by atoms with Crippen LogP contribution in [0.2, 0.25) is 0 Å². The van der Waals surface area contributed by atoms with Crippen LogP contribution in [0.3, 0.4) is 0 Å². The summed E-state index contributed by atoms with van der Waals surface area (Å²) >= 11 is 0. The predicted octanol–water partition coefficient (Wildman–Crippen LogP) is 3.71. The van der Waals surface area contributed by atoms with Gasteiger partial charge in [-0.1, -0.05) is 49.8 Å². The number of ketones is 2. The maximum Gasteiger partial charge on any atom is 0.234 e. The van der Waals surface area contributed by atoms with Crippen molar-refractivity contribution in [3.05, 3.63) is 52.6 Å². The Morgan fingerprint density at radius 3 is 2.35 bits per heavy atom. The van der Waals surface area contributed by atoms with Crippen LogP contribution >= 0.6 is 0 Å². The molecule has 3 heteroatoms. The zero-order valence-corrected chi connectivity index (χ0v) is 11.9. The average molecular weight is 270 g/mol. The van der Waals surface area contributed by atoms with Crippen LogP contribution < -0.4 is 0 Å². The van der Waals surface area contributed by atoms with E-state index < -0.39 is 11.6 Å². The predicted molar refractivity (Wildman–Crippen MR) is 78.5 cm³/mol. The fourth-order valence-electron chi connectivity index (χ4n) is 2.73. The third-order valence-electron chi connectivity index (χ3n) is 3.90. The molecule has 3 nitrogen and oxygen atoms in total. The summed E-state index contributed by atoms with van der Waals surface area (Å²) in [5, 5.41) is 10.4. The number of hydrogen-bond donors (Lipinski definition) is 1. The highest BCUT2D eigenvalue weighted by atomic mass is 16.3.